The molecule has 10 heteroatoms. The Morgan fingerprint density at radius 3 is 2.73 bits per heavy atom. The lowest BCUT2D eigenvalue weighted by Crippen LogP contribution is -2.14. The van der Waals surface area contributed by atoms with Crippen LogP contribution in [0, 0.1) is 0 Å². The summed E-state index contributed by atoms with van der Waals surface area (Å²) in [5, 5.41) is 14.2. The minimum Gasteiger partial charge on any atom is -0.495 e. The van der Waals surface area contributed by atoms with E-state index in [0.29, 0.717) is 25.9 Å². The number of hydrogen-bond acceptors (Lipinski definition) is 7. The number of ether oxygens (including phenoxy) is 1. The Kier molecular flexibility index (Phi) is 7.83. The van der Waals surface area contributed by atoms with E-state index in [1.165, 1.54) is 36.3 Å². The van der Waals surface area contributed by atoms with Gasteiger partial charge in [0.05, 0.1) is 18.6 Å². The maximum atomic E-state index is 12.2. The van der Waals surface area contributed by atoms with Crippen molar-refractivity contribution in [2.75, 3.05) is 23.5 Å². The van der Waals surface area contributed by atoms with E-state index >= 15 is 0 Å². The lowest BCUT2D eigenvalue weighted by Gasteiger charge is -2.09. The summed E-state index contributed by atoms with van der Waals surface area (Å²) in [6.45, 7) is 0. The standard InChI is InChI=1S/C20H17ClN4O3S2/c1-28-16-9-8-14(21)11-15(16)22-18(27)12-29-20-25-24-19(30-20)23-17(26)10-7-13-5-3-2-4-6-13/h2-11H,12H2,1H3,(H,22,27)(H,23,24,26)/b10-7+. The van der Waals surface area contributed by atoms with Crippen molar-refractivity contribution >= 4 is 63.4 Å². The van der Waals surface area contributed by atoms with E-state index in [4.69, 9.17) is 16.3 Å². The van der Waals surface area contributed by atoms with Crippen LogP contribution in [0.3, 0.4) is 0 Å². The van der Waals surface area contributed by atoms with Crippen LogP contribution in [0.15, 0.2) is 58.9 Å². The predicted molar refractivity (Wildman–Crippen MR) is 121 cm³/mol. The SMILES string of the molecule is COc1ccc(Cl)cc1NC(=O)CSc1nnc(NC(=O)/C=C/c2ccccc2)s1. The summed E-state index contributed by atoms with van der Waals surface area (Å²) in [5.74, 6) is 0.0818. The first kappa shape index (κ1) is 21.8. The molecule has 0 radical (unpaired) electrons. The number of anilines is 2. The number of amides is 2. The van der Waals surface area contributed by atoms with Crippen LogP contribution in [0.4, 0.5) is 10.8 Å². The van der Waals surface area contributed by atoms with Crippen molar-refractivity contribution in [2.45, 2.75) is 4.34 Å². The zero-order chi connectivity index (χ0) is 21.3. The Hall–Kier alpha value is -2.88. The van der Waals surface area contributed by atoms with Gasteiger partial charge in [-0.25, -0.2) is 0 Å². The first-order valence-corrected chi connectivity index (χ1v) is 10.9. The highest BCUT2D eigenvalue weighted by atomic mass is 35.5. The van der Waals surface area contributed by atoms with Crippen LogP contribution in [-0.2, 0) is 9.59 Å². The number of hydrogen-bond donors (Lipinski definition) is 2. The molecule has 0 fully saturated rings. The van der Waals surface area contributed by atoms with Crippen molar-refractivity contribution in [1.29, 1.82) is 0 Å². The molecule has 0 aliphatic heterocycles. The van der Waals surface area contributed by atoms with Gasteiger partial charge in [-0.05, 0) is 29.8 Å². The number of rotatable bonds is 8. The number of methoxy groups -OCH3 is 1. The Morgan fingerprint density at radius 2 is 1.97 bits per heavy atom. The number of carbonyl (C=O) groups is 2. The van der Waals surface area contributed by atoms with Crippen molar-refractivity contribution in [2.24, 2.45) is 0 Å². The number of nitrogens with one attached hydrogen (secondary N) is 2. The summed E-state index contributed by atoms with van der Waals surface area (Å²) in [5.41, 5.74) is 1.41. The molecule has 1 heterocycles. The third kappa shape index (κ3) is 6.58. The molecule has 2 N–H and O–H groups in total. The summed E-state index contributed by atoms with van der Waals surface area (Å²) in [4.78, 5) is 24.2. The van der Waals surface area contributed by atoms with Gasteiger partial charge in [0.15, 0.2) is 4.34 Å². The molecule has 154 valence electrons. The second kappa shape index (κ2) is 10.8. The number of benzene rings is 2. The second-order valence-corrected chi connectivity index (χ2v) is 8.42. The van der Waals surface area contributed by atoms with Gasteiger partial charge in [-0.15, -0.1) is 10.2 Å². The molecule has 2 aromatic carbocycles. The van der Waals surface area contributed by atoms with Crippen molar-refractivity contribution in [3.05, 3.63) is 65.2 Å². The number of carbonyl (C=O) groups excluding carboxylic acids is 2. The molecule has 0 spiro atoms. The lowest BCUT2D eigenvalue weighted by atomic mass is 10.2. The molecule has 0 aliphatic carbocycles. The zero-order valence-electron chi connectivity index (χ0n) is 15.8. The highest BCUT2D eigenvalue weighted by Crippen LogP contribution is 2.29. The Balaban J connectivity index is 1.49. The second-order valence-electron chi connectivity index (χ2n) is 5.79. The third-order valence-electron chi connectivity index (χ3n) is 3.63. The molecule has 30 heavy (non-hydrogen) atoms. The van der Waals surface area contributed by atoms with Gasteiger partial charge in [0.25, 0.3) is 0 Å². The maximum Gasteiger partial charge on any atom is 0.250 e. The Morgan fingerprint density at radius 1 is 1.17 bits per heavy atom. The molecule has 0 bridgehead atoms. The molecule has 2 amide bonds. The summed E-state index contributed by atoms with van der Waals surface area (Å²) in [7, 11) is 1.51. The van der Waals surface area contributed by atoms with E-state index in [2.05, 4.69) is 20.8 Å². The van der Waals surface area contributed by atoms with Crippen LogP contribution in [0.2, 0.25) is 5.02 Å². The van der Waals surface area contributed by atoms with Crippen molar-refractivity contribution < 1.29 is 14.3 Å². The average Bonchev–Trinajstić information content (AvgIpc) is 3.19. The van der Waals surface area contributed by atoms with E-state index in [1.807, 2.05) is 30.3 Å². The first-order valence-electron chi connectivity index (χ1n) is 8.67. The van der Waals surface area contributed by atoms with Gasteiger partial charge in [0.2, 0.25) is 16.9 Å². The monoisotopic (exact) mass is 460 g/mol. The molecule has 0 aliphatic rings. The van der Waals surface area contributed by atoms with Crippen LogP contribution in [0.25, 0.3) is 6.08 Å². The Bertz CT molecular complexity index is 1060. The number of aromatic nitrogens is 2. The van der Waals surface area contributed by atoms with Gasteiger partial charge in [0, 0.05) is 11.1 Å². The van der Waals surface area contributed by atoms with Crippen molar-refractivity contribution in [1.82, 2.24) is 10.2 Å². The summed E-state index contributed by atoms with van der Waals surface area (Å²) >= 11 is 8.37. The zero-order valence-corrected chi connectivity index (χ0v) is 18.2. The quantitative estimate of drug-likeness (QED) is 0.290. The third-order valence-corrected chi connectivity index (χ3v) is 5.83. The molecule has 0 saturated carbocycles. The van der Waals surface area contributed by atoms with Gasteiger partial charge in [-0.3, -0.25) is 14.9 Å². The summed E-state index contributed by atoms with van der Waals surface area (Å²) < 4.78 is 5.77. The summed E-state index contributed by atoms with van der Waals surface area (Å²) in [6, 6.07) is 14.5. The minimum absolute atomic E-state index is 0.117. The van der Waals surface area contributed by atoms with E-state index in [-0.39, 0.29) is 17.6 Å². The van der Waals surface area contributed by atoms with E-state index < -0.39 is 0 Å². The topological polar surface area (TPSA) is 93.2 Å². The molecule has 7 nitrogen and oxygen atoms in total. The fraction of sp³-hybridized carbons (Fsp3) is 0.100. The number of thioether (sulfide) groups is 1. The van der Waals surface area contributed by atoms with Crippen LogP contribution in [-0.4, -0.2) is 34.9 Å². The molecule has 0 unspecified atom stereocenters. The van der Waals surface area contributed by atoms with Crippen LogP contribution < -0.4 is 15.4 Å². The van der Waals surface area contributed by atoms with E-state index in [9.17, 15) is 9.59 Å². The predicted octanol–water partition coefficient (Wildman–Crippen LogP) is 4.58. The van der Waals surface area contributed by atoms with Gasteiger partial charge < -0.3 is 10.1 Å². The van der Waals surface area contributed by atoms with Gasteiger partial charge in [-0.2, -0.15) is 0 Å². The largest absolute Gasteiger partial charge is 0.495 e. The van der Waals surface area contributed by atoms with Gasteiger partial charge >= 0.3 is 0 Å². The van der Waals surface area contributed by atoms with Crippen LogP contribution >= 0.6 is 34.7 Å². The molecular weight excluding hydrogens is 444 g/mol. The van der Waals surface area contributed by atoms with Crippen LogP contribution in [0.5, 0.6) is 5.75 Å². The van der Waals surface area contributed by atoms with Gasteiger partial charge in [0.1, 0.15) is 5.75 Å². The molecule has 0 atom stereocenters. The fourth-order valence-corrected chi connectivity index (χ4v) is 4.02. The van der Waals surface area contributed by atoms with E-state index in [1.54, 1.807) is 24.3 Å². The molecule has 3 aromatic rings. The fourth-order valence-electron chi connectivity index (χ4n) is 2.29. The van der Waals surface area contributed by atoms with E-state index in [0.717, 1.165) is 5.56 Å². The molecule has 1 aromatic heterocycles. The average molecular weight is 461 g/mol. The minimum atomic E-state index is -0.308. The van der Waals surface area contributed by atoms with Crippen LogP contribution in [0.1, 0.15) is 5.56 Å². The Labute approximate surface area is 186 Å². The van der Waals surface area contributed by atoms with Crippen molar-refractivity contribution in [3.63, 3.8) is 0 Å². The first-order chi connectivity index (χ1) is 14.5. The molecule has 0 saturated heterocycles. The lowest BCUT2D eigenvalue weighted by molar-refractivity contribution is -0.114. The summed E-state index contributed by atoms with van der Waals surface area (Å²) in [6.07, 6.45) is 3.13. The maximum absolute atomic E-state index is 12.2. The number of halogens is 1. The van der Waals surface area contributed by atoms with Gasteiger partial charge in [-0.1, -0.05) is 65.0 Å². The highest BCUT2D eigenvalue weighted by Gasteiger charge is 2.12. The smallest absolute Gasteiger partial charge is 0.250 e. The van der Waals surface area contributed by atoms with Crippen molar-refractivity contribution in [3.8, 4) is 5.75 Å². The number of nitrogens with zero attached hydrogens (tertiary/aromatic N) is 2. The molecule has 3 rings (SSSR count). The highest BCUT2D eigenvalue weighted by molar-refractivity contribution is 8.01. The molecular formula is C20H17ClN4O3S2. The normalized spacial score (nSPS) is 10.7.